The molecule has 0 aliphatic carbocycles. The second kappa shape index (κ2) is 7.31. The van der Waals surface area contributed by atoms with Crippen LogP contribution in [0.2, 0.25) is 5.02 Å². The number of carbonyl (C=O) groups excluding carboxylic acids is 1. The summed E-state index contributed by atoms with van der Waals surface area (Å²) in [5.41, 5.74) is 2.18. The number of aryl methyl sites for hydroxylation is 1. The third kappa shape index (κ3) is 3.65. The van der Waals surface area contributed by atoms with Crippen molar-refractivity contribution in [2.75, 3.05) is 13.2 Å². The van der Waals surface area contributed by atoms with E-state index in [0.717, 1.165) is 12.1 Å². The van der Waals surface area contributed by atoms with E-state index in [1.165, 1.54) is 0 Å². The van der Waals surface area contributed by atoms with E-state index in [0.29, 0.717) is 35.0 Å². The van der Waals surface area contributed by atoms with E-state index >= 15 is 0 Å². The molecule has 0 fully saturated rings. The third-order valence-electron chi connectivity index (χ3n) is 3.55. The number of hydrogen-bond donors (Lipinski definition) is 1. The molecule has 3 aromatic rings. The van der Waals surface area contributed by atoms with Crippen LogP contribution in [0.15, 0.2) is 42.5 Å². The fourth-order valence-electron chi connectivity index (χ4n) is 2.31. The third-order valence-corrected chi connectivity index (χ3v) is 3.80. The fraction of sp³-hybridized carbons (Fsp3) is 0.235. The van der Waals surface area contributed by atoms with Crippen molar-refractivity contribution in [3.05, 3.63) is 53.1 Å². The minimum atomic E-state index is -0.164. The molecule has 0 saturated heterocycles. The number of nitrogens with zero attached hydrogens (tertiary/aromatic N) is 3. The van der Waals surface area contributed by atoms with Crippen molar-refractivity contribution >= 4 is 28.5 Å². The van der Waals surface area contributed by atoms with Gasteiger partial charge in [0.15, 0.2) is 0 Å². The summed E-state index contributed by atoms with van der Waals surface area (Å²) in [6, 6.07) is 12.5. The Balaban J connectivity index is 1.54. The number of ether oxygens (including phenoxy) is 1. The Bertz CT molecular complexity index is 845. The predicted octanol–water partition coefficient (Wildman–Crippen LogP) is 2.91. The predicted molar refractivity (Wildman–Crippen MR) is 92.5 cm³/mol. The SMILES string of the molecule is CCn1nnc2cc(C(=O)NCCOc3ccc(Cl)cc3)ccc21. The molecule has 6 nitrogen and oxygen atoms in total. The topological polar surface area (TPSA) is 69.0 Å². The Morgan fingerprint density at radius 2 is 2.04 bits per heavy atom. The molecule has 124 valence electrons. The molecule has 0 spiro atoms. The summed E-state index contributed by atoms with van der Waals surface area (Å²) in [4.78, 5) is 12.2. The second-order valence-corrected chi connectivity index (χ2v) is 5.60. The van der Waals surface area contributed by atoms with Crippen LogP contribution in [-0.2, 0) is 6.54 Å². The highest BCUT2D eigenvalue weighted by atomic mass is 35.5. The lowest BCUT2D eigenvalue weighted by atomic mass is 10.2. The zero-order valence-corrected chi connectivity index (χ0v) is 14.0. The van der Waals surface area contributed by atoms with Gasteiger partial charge in [-0.3, -0.25) is 4.79 Å². The second-order valence-electron chi connectivity index (χ2n) is 5.17. The van der Waals surface area contributed by atoms with Crippen molar-refractivity contribution in [1.82, 2.24) is 20.3 Å². The molecule has 0 radical (unpaired) electrons. The highest BCUT2D eigenvalue weighted by molar-refractivity contribution is 6.30. The molecule has 1 amide bonds. The van der Waals surface area contributed by atoms with Gasteiger partial charge in [0.2, 0.25) is 0 Å². The number of aromatic nitrogens is 3. The van der Waals surface area contributed by atoms with Crippen LogP contribution >= 0.6 is 11.6 Å². The number of fused-ring (bicyclic) bond motifs is 1. The summed E-state index contributed by atoms with van der Waals surface area (Å²) < 4.78 is 7.33. The Hall–Kier alpha value is -2.60. The minimum Gasteiger partial charge on any atom is -0.492 e. The first-order valence-corrected chi connectivity index (χ1v) is 8.05. The standard InChI is InChI=1S/C17H17ClN4O2/c1-2-22-16-8-3-12(11-15(16)20-21-22)17(23)19-9-10-24-14-6-4-13(18)5-7-14/h3-8,11H,2,9-10H2,1H3,(H,19,23). The summed E-state index contributed by atoms with van der Waals surface area (Å²) in [5.74, 6) is 0.550. The molecule has 2 aromatic carbocycles. The number of carbonyl (C=O) groups is 1. The van der Waals surface area contributed by atoms with Crippen molar-refractivity contribution in [3.8, 4) is 5.75 Å². The van der Waals surface area contributed by atoms with E-state index in [9.17, 15) is 4.79 Å². The van der Waals surface area contributed by atoms with E-state index in [-0.39, 0.29) is 5.91 Å². The van der Waals surface area contributed by atoms with Gasteiger partial charge in [-0.2, -0.15) is 0 Å². The molecule has 7 heteroatoms. The number of benzene rings is 2. The number of halogens is 1. The number of rotatable bonds is 6. The monoisotopic (exact) mass is 344 g/mol. The molecule has 1 heterocycles. The molecule has 0 bridgehead atoms. The summed E-state index contributed by atoms with van der Waals surface area (Å²) in [6.07, 6.45) is 0. The van der Waals surface area contributed by atoms with E-state index in [4.69, 9.17) is 16.3 Å². The Kier molecular flexibility index (Phi) is 4.96. The maximum Gasteiger partial charge on any atom is 0.251 e. The van der Waals surface area contributed by atoms with Crippen molar-refractivity contribution in [2.45, 2.75) is 13.5 Å². The van der Waals surface area contributed by atoms with Crippen LogP contribution in [0.3, 0.4) is 0 Å². The van der Waals surface area contributed by atoms with Gasteiger partial charge >= 0.3 is 0 Å². The smallest absolute Gasteiger partial charge is 0.251 e. The Labute approximate surface area is 144 Å². The highest BCUT2D eigenvalue weighted by Gasteiger charge is 2.09. The lowest BCUT2D eigenvalue weighted by Crippen LogP contribution is -2.28. The molecule has 0 unspecified atom stereocenters. The van der Waals surface area contributed by atoms with Crippen molar-refractivity contribution in [3.63, 3.8) is 0 Å². The Morgan fingerprint density at radius 1 is 1.25 bits per heavy atom. The lowest BCUT2D eigenvalue weighted by molar-refractivity contribution is 0.0947. The summed E-state index contributed by atoms with van der Waals surface area (Å²) in [5, 5.41) is 11.6. The molecule has 0 atom stereocenters. The molecule has 1 N–H and O–H groups in total. The number of nitrogens with one attached hydrogen (secondary N) is 1. The molecule has 24 heavy (non-hydrogen) atoms. The van der Waals surface area contributed by atoms with Gasteiger partial charge in [0.1, 0.15) is 17.9 Å². The summed E-state index contributed by atoms with van der Waals surface area (Å²) >= 11 is 5.81. The largest absolute Gasteiger partial charge is 0.492 e. The molecular weight excluding hydrogens is 328 g/mol. The first-order valence-electron chi connectivity index (χ1n) is 7.67. The van der Waals surface area contributed by atoms with E-state index in [1.807, 2.05) is 13.0 Å². The van der Waals surface area contributed by atoms with Crippen LogP contribution in [-0.4, -0.2) is 34.1 Å². The van der Waals surface area contributed by atoms with Crippen molar-refractivity contribution in [1.29, 1.82) is 0 Å². The highest BCUT2D eigenvalue weighted by Crippen LogP contribution is 2.15. The quantitative estimate of drug-likeness (QED) is 0.698. The maximum atomic E-state index is 12.2. The van der Waals surface area contributed by atoms with Gasteiger partial charge in [0.05, 0.1) is 12.1 Å². The molecule has 0 saturated carbocycles. The maximum absolute atomic E-state index is 12.2. The molecule has 0 aliphatic rings. The van der Waals surface area contributed by atoms with Gasteiger partial charge in [-0.15, -0.1) is 5.10 Å². The minimum absolute atomic E-state index is 0.164. The van der Waals surface area contributed by atoms with Gasteiger partial charge < -0.3 is 10.1 Å². The van der Waals surface area contributed by atoms with Crippen LogP contribution in [0, 0.1) is 0 Å². The van der Waals surface area contributed by atoms with Gasteiger partial charge in [0, 0.05) is 17.1 Å². The summed E-state index contributed by atoms with van der Waals surface area (Å²) in [7, 11) is 0. The van der Waals surface area contributed by atoms with Crippen molar-refractivity contribution < 1.29 is 9.53 Å². The number of hydrogen-bond acceptors (Lipinski definition) is 4. The lowest BCUT2D eigenvalue weighted by Gasteiger charge is -2.08. The molecule has 0 aliphatic heterocycles. The van der Waals surface area contributed by atoms with Gasteiger partial charge in [-0.25, -0.2) is 4.68 Å². The zero-order chi connectivity index (χ0) is 16.9. The van der Waals surface area contributed by atoms with Gasteiger partial charge in [0.25, 0.3) is 5.91 Å². The average molecular weight is 345 g/mol. The molecular formula is C17H17ClN4O2. The summed E-state index contributed by atoms with van der Waals surface area (Å²) in [6.45, 7) is 3.52. The zero-order valence-electron chi connectivity index (χ0n) is 13.2. The van der Waals surface area contributed by atoms with Crippen LogP contribution < -0.4 is 10.1 Å². The van der Waals surface area contributed by atoms with Gasteiger partial charge in [-0.05, 0) is 49.4 Å². The van der Waals surface area contributed by atoms with Crippen LogP contribution in [0.5, 0.6) is 5.75 Å². The van der Waals surface area contributed by atoms with Crippen LogP contribution in [0.25, 0.3) is 11.0 Å². The van der Waals surface area contributed by atoms with Crippen LogP contribution in [0.4, 0.5) is 0 Å². The number of amides is 1. The van der Waals surface area contributed by atoms with E-state index < -0.39 is 0 Å². The average Bonchev–Trinajstić information content (AvgIpc) is 3.02. The van der Waals surface area contributed by atoms with E-state index in [1.54, 1.807) is 41.1 Å². The normalized spacial score (nSPS) is 10.8. The fourth-order valence-corrected chi connectivity index (χ4v) is 2.44. The van der Waals surface area contributed by atoms with Crippen molar-refractivity contribution in [2.24, 2.45) is 0 Å². The first-order chi connectivity index (χ1) is 11.7. The van der Waals surface area contributed by atoms with Crippen LogP contribution in [0.1, 0.15) is 17.3 Å². The first kappa shape index (κ1) is 16.3. The molecule has 3 rings (SSSR count). The molecule has 1 aromatic heterocycles. The van der Waals surface area contributed by atoms with E-state index in [2.05, 4.69) is 15.6 Å². The van der Waals surface area contributed by atoms with Gasteiger partial charge in [-0.1, -0.05) is 16.8 Å². The Morgan fingerprint density at radius 3 is 2.79 bits per heavy atom.